The van der Waals surface area contributed by atoms with E-state index in [0.717, 1.165) is 28.4 Å². The number of benzene rings is 1. The quantitative estimate of drug-likeness (QED) is 0.905. The van der Waals surface area contributed by atoms with E-state index >= 15 is 0 Å². The van der Waals surface area contributed by atoms with E-state index in [-0.39, 0.29) is 0 Å². The highest BCUT2D eigenvalue weighted by Crippen LogP contribution is 2.30. The second-order valence-electron chi connectivity index (χ2n) is 5.47. The molecule has 0 aliphatic heterocycles. The fraction of sp³-hybridized carbons (Fsp3) is 0.438. The Kier molecular flexibility index (Phi) is 3.72. The van der Waals surface area contributed by atoms with Crippen molar-refractivity contribution >= 4 is 22.5 Å². The first-order valence-electron chi connectivity index (χ1n) is 7.01. The van der Waals surface area contributed by atoms with Gasteiger partial charge in [0.25, 0.3) is 0 Å². The molecule has 100 valence electrons. The summed E-state index contributed by atoms with van der Waals surface area (Å²) in [5.74, 6) is 0.853. The lowest BCUT2D eigenvalue weighted by atomic mass is 9.80. The summed E-state index contributed by atoms with van der Waals surface area (Å²) in [6.45, 7) is 3.15. The van der Waals surface area contributed by atoms with Gasteiger partial charge in [0.05, 0.1) is 5.52 Å². The van der Waals surface area contributed by atoms with E-state index in [9.17, 15) is 0 Å². The molecule has 0 amide bonds. The van der Waals surface area contributed by atoms with Crippen molar-refractivity contribution in [1.29, 1.82) is 0 Å². The maximum atomic E-state index is 6.21. The Hall–Kier alpha value is -1.12. The predicted molar refractivity (Wildman–Crippen MR) is 80.4 cm³/mol. The van der Waals surface area contributed by atoms with Gasteiger partial charge >= 0.3 is 0 Å². The first-order chi connectivity index (χ1) is 9.25. The molecule has 1 N–H and O–H groups in total. The van der Waals surface area contributed by atoms with Crippen molar-refractivity contribution in [1.82, 2.24) is 10.3 Å². The van der Waals surface area contributed by atoms with Crippen molar-refractivity contribution in [2.45, 2.75) is 38.8 Å². The molecule has 3 heteroatoms. The lowest BCUT2D eigenvalue weighted by Crippen LogP contribution is -2.36. The summed E-state index contributed by atoms with van der Waals surface area (Å²) >= 11 is 6.21. The van der Waals surface area contributed by atoms with Crippen molar-refractivity contribution in [2.75, 3.05) is 0 Å². The average Bonchev–Trinajstić information content (AvgIpc) is 2.36. The molecule has 0 bridgehead atoms. The van der Waals surface area contributed by atoms with Crippen molar-refractivity contribution in [3.05, 3.63) is 41.0 Å². The minimum atomic E-state index is 0.586. The Morgan fingerprint density at radius 2 is 2.21 bits per heavy atom. The molecule has 0 radical (unpaired) electrons. The highest BCUT2D eigenvalue weighted by atomic mass is 35.5. The van der Waals surface area contributed by atoms with Crippen LogP contribution in [-0.2, 0) is 6.54 Å². The third-order valence-corrected chi connectivity index (χ3v) is 4.60. The van der Waals surface area contributed by atoms with Crippen LogP contribution in [-0.4, -0.2) is 11.0 Å². The minimum Gasteiger partial charge on any atom is -0.310 e. The van der Waals surface area contributed by atoms with Gasteiger partial charge in [0.2, 0.25) is 0 Å². The Balaban J connectivity index is 1.79. The van der Waals surface area contributed by atoms with Gasteiger partial charge in [-0.05, 0) is 49.4 Å². The predicted octanol–water partition coefficient (Wildman–Crippen LogP) is 4.17. The van der Waals surface area contributed by atoms with Crippen LogP contribution in [0.2, 0.25) is 5.02 Å². The maximum Gasteiger partial charge on any atom is 0.0761 e. The lowest BCUT2D eigenvalue weighted by molar-refractivity contribution is 0.240. The lowest BCUT2D eigenvalue weighted by Gasteiger charge is -2.32. The molecule has 0 saturated heterocycles. The molecular weight excluding hydrogens is 256 g/mol. The number of hydrogen-bond acceptors (Lipinski definition) is 2. The summed E-state index contributed by atoms with van der Waals surface area (Å²) in [7, 11) is 0. The molecule has 1 atom stereocenters. The molecule has 1 saturated carbocycles. The Bertz CT molecular complexity index is 578. The first kappa shape index (κ1) is 12.9. The monoisotopic (exact) mass is 274 g/mol. The Morgan fingerprint density at radius 1 is 1.37 bits per heavy atom. The average molecular weight is 275 g/mol. The van der Waals surface area contributed by atoms with Gasteiger partial charge in [-0.3, -0.25) is 4.98 Å². The van der Waals surface area contributed by atoms with E-state index in [1.54, 1.807) is 0 Å². The van der Waals surface area contributed by atoms with Crippen LogP contribution < -0.4 is 5.32 Å². The van der Waals surface area contributed by atoms with E-state index < -0.39 is 0 Å². The van der Waals surface area contributed by atoms with Crippen LogP contribution in [0, 0.1) is 5.92 Å². The van der Waals surface area contributed by atoms with Gasteiger partial charge in [-0.25, -0.2) is 0 Å². The normalized spacial score (nSPS) is 17.4. The molecule has 1 unspecified atom stereocenters. The van der Waals surface area contributed by atoms with E-state index in [1.165, 1.54) is 24.8 Å². The second-order valence-corrected chi connectivity index (χ2v) is 5.87. The van der Waals surface area contributed by atoms with E-state index in [1.807, 2.05) is 24.4 Å². The van der Waals surface area contributed by atoms with Crippen molar-refractivity contribution in [3.8, 4) is 0 Å². The van der Waals surface area contributed by atoms with E-state index in [4.69, 9.17) is 11.6 Å². The van der Waals surface area contributed by atoms with Crippen LogP contribution in [0.15, 0.2) is 30.5 Å². The molecule has 1 aromatic heterocycles. The number of rotatable bonds is 4. The minimum absolute atomic E-state index is 0.586. The zero-order valence-corrected chi connectivity index (χ0v) is 12.0. The molecule has 1 aliphatic carbocycles. The number of hydrogen-bond donors (Lipinski definition) is 1. The number of halogens is 1. The maximum absolute atomic E-state index is 6.21. The molecule has 3 rings (SSSR count). The highest BCUT2D eigenvalue weighted by Gasteiger charge is 2.23. The smallest absolute Gasteiger partial charge is 0.0761 e. The van der Waals surface area contributed by atoms with Crippen molar-refractivity contribution in [2.24, 2.45) is 5.92 Å². The first-order valence-corrected chi connectivity index (χ1v) is 7.39. The Labute approximate surface area is 119 Å². The molecule has 1 heterocycles. The standard InChI is InChI=1S/C16H19ClN2/c1-11(12-4-2-5-12)19-10-13-7-8-15(17)14-6-3-9-18-16(13)14/h3,6-9,11-12,19H,2,4-5,10H2,1H3. The number of fused-ring (bicyclic) bond motifs is 1. The molecule has 1 aromatic carbocycles. The van der Waals surface area contributed by atoms with E-state index in [2.05, 4.69) is 23.3 Å². The van der Waals surface area contributed by atoms with Crippen molar-refractivity contribution in [3.63, 3.8) is 0 Å². The zero-order valence-electron chi connectivity index (χ0n) is 11.2. The van der Waals surface area contributed by atoms with Gasteiger partial charge in [-0.15, -0.1) is 0 Å². The van der Waals surface area contributed by atoms with Gasteiger partial charge in [0.1, 0.15) is 0 Å². The van der Waals surface area contributed by atoms with Gasteiger partial charge in [0, 0.05) is 29.2 Å². The summed E-state index contributed by atoms with van der Waals surface area (Å²) < 4.78 is 0. The van der Waals surface area contributed by atoms with Gasteiger partial charge < -0.3 is 5.32 Å². The number of nitrogens with one attached hydrogen (secondary N) is 1. The summed E-state index contributed by atoms with van der Waals surface area (Å²) in [5, 5.41) is 5.45. The molecule has 19 heavy (non-hydrogen) atoms. The summed E-state index contributed by atoms with van der Waals surface area (Å²) in [6.07, 6.45) is 5.96. The molecule has 0 spiro atoms. The topological polar surface area (TPSA) is 24.9 Å². The number of aromatic nitrogens is 1. The summed E-state index contributed by atoms with van der Waals surface area (Å²) in [4.78, 5) is 4.47. The molecular formula is C16H19ClN2. The van der Waals surface area contributed by atoms with Gasteiger partial charge in [0.15, 0.2) is 0 Å². The fourth-order valence-electron chi connectivity index (χ4n) is 2.72. The number of pyridine rings is 1. The van der Waals surface area contributed by atoms with Crippen LogP contribution in [0.4, 0.5) is 0 Å². The SMILES string of the molecule is CC(NCc1ccc(Cl)c2cccnc12)C1CCC1. The van der Waals surface area contributed by atoms with Crippen LogP contribution in [0.25, 0.3) is 10.9 Å². The second kappa shape index (κ2) is 5.48. The molecule has 2 nitrogen and oxygen atoms in total. The van der Waals surface area contributed by atoms with Crippen LogP contribution in [0.5, 0.6) is 0 Å². The van der Waals surface area contributed by atoms with Gasteiger partial charge in [-0.1, -0.05) is 24.1 Å². The molecule has 1 aliphatic rings. The fourth-order valence-corrected chi connectivity index (χ4v) is 2.93. The highest BCUT2D eigenvalue weighted by molar-refractivity contribution is 6.35. The van der Waals surface area contributed by atoms with Crippen LogP contribution >= 0.6 is 11.6 Å². The zero-order chi connectivity index (χ0) is 13.2. The largest absolute Gasteiger partial charge is 0.310 e. The van der Waals surface area contributed by atoms with Gasteiger partial charge in [-0.2, -0.15) is 0 Å². The number of nitrogens with zero attached hydrogens (tertiary/aromatic N) is 1. The molecule has 1 fully saturated rings. The third-order valence-electron chi connectivity index (χ3n) is 4.27. The summed E-state index contributed by atoms with van der Waals surface area (Å²) in [6, 6.07) is 8.60. The van der Waals surface area contributed by atoms with E-state index in [0.29, 0.717) is 6.04 Å². The van der Waals surface area contributed by atoms with Crippen LogP contribution in [0.1, 0.15) is 31.7 Å². The van der Waals surface area contributed by atoms with Crippen LogP contribution in [0.3, 0.4) is 0 Å². The van der Waals surface area contributed by atoms with Crippen molar-refractivity contribution < 1.29 is 0 Å². The Morgan fingerprint density at radius 3 is 2.95 bits per heavy atom. The summed E-state index contributed by atoms with van der Waals surface area (Å²) in [5.41, 5.74) is 2.24. The third kappa shape index (κ3) is 2.60. The molecule has 2 aromatic rings.